The number of sulfonamides is 1. The van der Waals surface area contributed by atoms with Crippen molar-refractivity contribution in [2.75, 3.05) is 18.9 Å². The minimum absolute atomic E-state index is 0.265. The first-order valence-electron chi connectivity index (χ1n) is 8.29. The molecule has 2 aromatic rings. The highest BCUT2D eigenvalue weighted by molar-refractivity contribution is 7.89. The number of carbonyl (C=O) groups excluding carboxylic acids is 2. The Morgan fingerprint density at radius 3 is 2.23 bits per heavy atom. The number of hydrogen-bond donors (Lipinski definition) is 1. The SMILES string of the molecule is CC(OC(=O)CN(C)S(=O)(=O)c1ccc(F)cc1)C(=O)Nc1ccc(F)c(F)c1F. The van der Waals surface area contributed by atoms with Crippen LogP contribution in [0.15, 0.2) is 41.3 Å². The maximum Gasteiger partial charge on any atom is 0.322 e. The molecule has 30 heavy (non-hydrogen) atoms. The number of halogens is 4. The average Bonchev–Trinajstić information content (AvgIpc) is 2.68. The molecule has 7 nitrogen and oxygen atoms in total. The Morgan fingerprint density at radius 1 is 1.03 bits per heavy atom. The molecule has 0 bridgehead atoms. The fourth-order valence-electron chi connectivity index (χ4n) is 2.20. The van der Waals surface area contributed by atoms with Crippen molar-refractivity contribution in [3.8, 4) is 0 Å². The molecular weight excluding hydrogens is 432 g/mol. The van der Waals surface area contributed by atoms with Crippen LogP contribution in [0.1, 0.15) is 6.92 Å². The highest BCUT2D eigenvalue weighted by Crippen LogP contribution is 2.20. The van der Waals surface area contributed by atoms with Crippen LogP contribution in [0.2, 0.25) is 0 Å². The monoisotopic (exact) mass is 448 g/mol. The Bertz CT molecular complexity index is 1060. The summed E-state index contributed by atoms with van der Waals surface area (Å²) in [4.78, 5) is 23.7. The normalized spacial score (nSPS) is 12.5. The largest absolute Gasteiger partial charge is 0.452 e. The molecule has 1 N–H and O–H groups in total. The molecule has 1 amide bonds. The molecule has 162 valence electrons. The number of rotatable bonds is 7. The molecule has 2 rings (SSSR count). The van der Waals surface area contributed by atoms with Crippen LogP contribution in [0.4, 0.5) is 23.2 Å². The molecule has 12 heteroatoms. The van der Waals surface area contributed by atoms with Crippen LogP contribution >= 0.6 is 0 Å². The number of amides is 1. The second-order valence-electron chi connectivity index (χ2n) is 6.06. The van der Waals surface area contributed by atoms with E-state index in [-0.39, 0.29) is 4.90 Å². The van der Waals surface area contributed by atoms with Crippen molar-refractivity contribution in [2.45, 2.75) is 17.9 Å². The summed E-state index contributed by atoms with van der Waals surface area (Å²) in [6.07, 6.45) is -1.51. The van der Waals surface area contributed by atoms with Crippen molar-refractivity contribution in [1.29, 1.82) is 0 Å². The summed E-state index contributed by atoms with van der Waals surface area (Å²) >= 11 is 0. The highest BCUT2D eigenvalue weighted by Gasteiger charge is 2.26. The summed E-state index contributed by atoms with van der Waals surface area (Å²) in [6.45, 7) is 0.330. The number of benzene rings is 2. The third-order valence-electron chi connectivity index (χ3n) is 3.84. The molecule has 0 aliphatic rings. The first kappa shape index (κ1) is 23.3. The van der Waals surface area contributed by atoms with E-state index in [4.69, 9.17) is 4.74 Å². The molecule has 0 aromatic heterocycles. The lowest BCUT2D eigenvalue weighted by Crippen LogP contribution is -2.37. The van der Waals surface area contributed by atoms with E-state index < -0.39 is 63.5 Å². The Kier molecular flexibility index (Phi) is 7.16. The van der Waals surface area contributed by atoms with Crippen LogP contribution in [0.3, 0.4) is 0 Å². The van der Waals surface area contributed by atoms with Crippen molar-refractivity contribution < 1.29 is 40.3 Å². The summed E-state index contributed by atoms with van der Waals surface area (Å²) in [6, 6.07) is 5.27. The Balaban J connectivity index is 1.99. The van der Waals surface area contributed by atoms with Gasteiger partial charge < -0.3 is 10.1 Å². The lowest BCUT2D eigenvalue weighted by molar-refractivity contribution is -0.153. The number of nitrogens with one attached hydrogen (secondary N) is 1. The third kappa shape index (κ3) is 5.33. The second-order valence-corrected chi connectivity index (χ2v) is 8.10. The van der Waals surface area contributed by atoms with E-state index in [2.05, 4.69) is 0 Å². The van der Waals surface area contributed by atoms with Crippen LogP contribution in [-0.2, 0) is 24.3 Å². The summed E-state index contributed by atoms with van der Waals surface area (Å²) in [7, 11) is -3.06. The molecule has 0 aliphatic carbocycles. The maximum absolute atomic E-state index is 13.6. The van der Waals surface area contributed by atoms with Gasteiger partial charge in [0, 0.05) is 7.05 Å². The number of hydrogen-bond acceptors (Lipinski definition) is 5. The predicted molar refractivity (Wildman–Crippen MR) is 96.7 cm³/mol. The van der Waals surface area contributed by atoms with Gasteiger partial charge in [0.2, 0.25) is 10.0 Å². The van der Waals surface area contributed by atoms with Gasteiger partial charge >= 0.3 is 5.97 Å². The number of ether oxygens (including phenoxy) is 1. The third-order valence-corrected chi connectivity index (χ3v) is 5.66. The van der Waals surface area contributed by atoms with Crippen LogP contribution in [0.5, 0.6) is 0 Å². The van der Waals surface area contributed by atoms with Gasteiger partial charge in [-0.05, 0) is 43.3 Å². The predicted octanol–water partition coefficient (Wildman–Crippen LogP) is 2.43. The standard InChI is InChI=1S/C18H16F4N2O5S/c1-10(18(26)23-14-8-7-13(20)16(21)17(14)22)29-15(25)9-24(2)30(27,28)12-5-3-11(19)4-6-12/h3-8,10H,9H2,1-2H3,(H,23,26). The van der Waals surface area contributed by atoms with Gasteiger partial charge in [0.05, 0.1) is 10.6 Å². The number of likely N-dealkylation sites (N-methyl/N-ethyl adjacent to an activating group) is 1. The Labute approximate surface area is 169 Å². The Hall–Kier alpha value is -2.99. The zero-order valence-electron chi connectivity index (χ0n) is 15.7. The van der Waals surface area contributed by atoms with Crippen molar-refractivity contribution in [2.24, 2.45) is 0 Å². The minimum Gasteiger partial charge on any atom is -0.452 e. The molecule has 0 saturated carbocycles. The van der Waals surface area contributed by atoms with Crippen LogP contribution in [-0.4, -0.2) is 44.3 Å². The number of carbonyl (C=O) groups is 2. The second kappa shape index (κ2) is 9.22. The summed E-state index contributed by atoms with van der Waals surface area (Å²) < 4.78 is 82.8. The molecule has 0 spiro atoms. The fraction of sp³-hybridized carbons (Fsp3) is 0.222. The van der Waals surface area contributed by atoms with Crippen molar-refractivity contribution in [1.82, 2.24) is 4.31 Å². The zero-order chi connectivity index (χ0) is 22.6. The molecule has 0 fully saturated rings. The van der Waals surface area contributed by atoms with E-state index >= 15 is 0 Å². The molecule has 0 saturated heterocycles. The van der Waals surface area contributed by atoms with Gasteiger partial charge in [-0.15, -0.1) is 0 Å². The quantitative estimate of drug-likeness (QED) is 0.399. The van der Waals surface area contributed by atoms with Gasteiger partial charge in [-0.25, -0.2) is 26.0 Å². The van der Waals surface area contributed by atoms with Gasteiger partial charge in [-0.2, -0.15) is 4.31 Å². The van der Waals surface area contributed by atoms with Gasteiger partial charge in [0.15, 0.2) is 23.6 Å². The van der Waals surface area contributed by atoms with Crippen LogP contribution in [0.25, 0.3) is 0 Å². The first-order valence-corrected chi connectivity index (χ1v) is 9.73. The van der Waals surface area contributed by atoms with E-state index in [0.29, 0.717) is 10.4 Å². The van der Waals surface area contributed by atoms with Gasteiger partial charge in [-0.3, -0.25) is 9.59 Å². The minimum atomic E-state index is -4.13. The molecule has 1 atom stereocenters. The Morgan fingerprint density at radius 2 is 1.63 bits per heavy atom. The zero-order valence-corrected chi connectivity index (χ0v) is 16.5. The van der Waals surface area contributed by atoms with Gasteiger partial charge in [0.1, 0.15) is 12.4 Å². The maximum atomic E-state index is 13.6. The van der Waals surface area contributed by atoms with E-state index in [1.54, 1.807) is 0 Å². The smallest absolute Gasteiger partial charge is 0.322 e. The van der Waals surface area contributed by atoms with Crippen molar-refractivity contribution in [3.05, 3.63) is 59.7 Å². The van der Waals surface area contributed by atoms with E-state index in [9.17, 15) is 35.6 Å². The van der Waals surface area contributed by atoms with Gasteiger partial charge in [-0.1, -0.05) is 0 Å². The van der Waals surface area contributed by atoms with E-state index in [0.717, 1.165) is 44.3 Å². The van der Waals surface area contributed by atoms with E-state index in [1.807, 2.05) is 5.32 Å². The molecular formula is C18H16F4N2O5S. The lowest BCUT2D eigenvalue weighted by Gasteiger charge is -2.18. The number of anilines is 1. The number of nitrogens with zero attached hydrogens (tertiary/aromatic N) is 1. The lowest BCUT2D eigenvalue weighted by atomic mass is 10.2. The summed E-state index contributed by atoms with van der Waals surface area (Å²) in [5.74, 6) is -7.69. The van der Waals surface area contributed by atoms with Crippen molar-refractivity contribution in [3.63, 3.8) is 0 Å². The van der Waals surface area contributed by atoms with Crippen LogP contribution < -0.4 is 5.32 Å². The fourth-order valence-corrected chi connectivity index (χ4v) is 3.31. The van der Waals surface area contributed by atoms with Gasteiger partial charge in [0.25, 0.3) is 5.91 Å². The topological polar surface area (TPSA) is 92.8 Å². The van der Waals surface area contributed by atoms with Crippen molar-refractivity contribution >= 4 is 27.6 Å². The van der Waals surface area contributed by atoms with Crippen LogP contribution in [0, 0.1) is 23.3 Å². The molecule has 0 heterocycles. The molecule has 0 aliphatic heterocycles. The summed E-state index contributed by atoms with van der Waals surface area (Å²) in [5, 5.41) is 1.93. The average molecular weight is 448 g/mol. The van der Waals surface area contributed by atoms with E-state index in [1.165, 1.54) is 0 Å². The first-order chi connectivity index (χ1) is 13.9. The molecule has 0 radical (unpaired) electrons. The number of esters is 1. The molecule has 2 aromatic carbocycles. The molecule has 1 unspecified atom stereocenters. The highest BCUT2D eigenvalue weighted by atomic mass is 32.2. The summed E-state index contributed by atoms with van der Waals surface area (Å²) in [5.41, 5.74) is -0.669.